The highest BCUT2D eigenvalue weighted by molar-refractivity contribution is 5.37. The van der Waals surface area contributed by atoms with Gasteiger partial charge in [-0.05, 0) is 30.7 Å². The lowest BCUT2D eigenvalue weighted by Crippen LogP contribution is -2.46. The molecule has 124 valence electrons. The Hall–Kier alpha value is -2.22. The minimum absolute atomic E-state index is 0.313. The summed E-state index contributed by atoms with van der Waals surface area (Å²) in [6, 6.07) is 10.5. The first kappa shape index (κ1) is 15.3. The summed E-state index contributed by atoms with van der Waals surface area (Å²) >= 11 is 0. The molecule has 2 aliphatic heterocycles. The maximum Gasteiger partial charge on any atom is 0.0475 e. The summed E-state index contributed by atoms with van der Waals surface area (Å²) in [6.45, 7) is 19.6. The van der Waals surface area contributed by atoms with Gasteiger partial charge in [-0.3, -0.25) is 0 Å². The number of piperidine rings is 2. The van der Waals surface area contributed by atoms with Crippen LogP contribution in [0.15, 0.2) is 79.4 Å². The van der Waals surface area contributed by atoms with E-state index in [0.29, 0.717) is 11.8 Å². The summed E-state index contributed by atoms with van der Waals surface area (Å²) in [5.74, 6) is 1.45. The molecule has 3 fully saturated rings. The van der Waals surface area contributed by atoms with Gasteiger partial charge in [0.2, 0.25) is 0 Å². The number of hydrogen-bond acceptors (Lipinski definition) is 2. The van der Waals surface area contributed by atoms with Gasteiger partial charge in [-0.25, -0.2) is 0 Å². The highest BCUT2D eigenvalue weighted by atomic mass is 15.2. The van der Waals surface area contributed by atoms with Crippen molar-refractivity contribution in [3.8, 4) is 0 Å². The second kappa shape index (κ2) is 5.70. The minimum atomic E-state index is 0.313. The molecule has 2 heterocycles. The lowest BCUT2D eigenvalue weighted by atomic mass is 9.76. The second-order valence-electron chi connectivity index (χ2n) is 7.43. The normalized spacial score (nSPS) is 27.0. The molecule has 0 spiro atoms. The summed E-state index contributed by atoms with van der Waals surface area (Å²) < 4.78 is 0. The molecule has 24 heavy (non-hydrogen) atoms. The summed E-state index contributed by atoms with van der Waals surface area (Å²) in [4.78, 5) is 4.66. The van der Waals surface area contributed by atoms with Gasteiger partial charge in [-0.2, -0.15) is 0 Å². The van der Waals surface area contributed by atoms with E-state index < -0.39 is 0 Å². The van der Waals surface area contributed by atoms with E-state index in [2.05, 4.69) is 66.4 Å². The average Bonchev–Trinajstić information content (AvgIpc) is 3.40. The Balaban J connectivity index is 1.60. The van der Waals surface area contributed by atoms with Crippen molar-refractivity contribution >= 4 is 0 Å². The third kappa shape index (κ3) is 2.50. The van der Waals surface area contributed by atoms with Crippen molar-refractivity contribution in [3.63, 3.8) is 0 Å². The van der Waals surface area contributed by atoms with Crippen LogP contribution in [-0.2, 0) is 6.54 Å². The lowest BCUT2D eigenvalue weighted by molar-refractivity contribution is 0.183. The number of likely N-dealkylation sites (tertiary alicyclic amines) is 2. The van der Waals surface area contributed by atoms with Crippen LogP contribution in [0.5, 0.6) is 0 Å². The maximum atomic E-state index is 4.42. The van der Waals surface area contributed by atoms with E-state index >= 15 is 0 Å². The van der Waals surface area contributed by atoms with Gasteiger partial charge in [0, 0.05) is 47.7 Å². The summed E-state index contributed by atoms with van der Waals surface area (Å²) in [5.41, 5.74) is 5.92. The third-order valence-corrected chi connectivity index (χ3v) is 5.79. The molecule has 4 rings (SSSR count). The van der Waals surface area contributed by atoms with Gasteiger partial charge in [0.05, 0.1) is 0 Å². The van der Waals surface area contributed by atoms with Gasteiger partial charge in [-0.15, -0.1) is 0 Å². The van der Waals surface area contributed by atoms with Gasteiger partial charge in [-0.1, -0.05) is 56.6 Å². The van der Waals surface area contributed by atoms with Crippen LogP contribution in [0.4, 0.5) is 0 Å². The molecule has 2 bridgehead atoms. The van der Waals surface area contributed by atoms with Crippen LogP contribution in [0.3, 0.4) is 0 Å². The Morgan fingerprint density at radius 2 is 1.33 bits per heavy atom. The van der Waals surface area contributed by atoms with Crippen molar-refractivity contribution in [1.29, 1.82) is 0 Å². The largest absolute Gasteiger partial charge is 0.348 e. The lowest BCUT2D eigenvalue weighted by Gasteiger charge is -2.52. The number of fused-ring (bicyclic) bond motifs is 2. The SMILES string of the molecule is C=C1C2CC(C(=C)N1Cc1ccccc1)C(=C)N(CC1CC1)C2=C. The van der Waals surface area contributed by atoms with E-state index in [9.17, 15) is 0 Å². The van der Waals surface area contributed by atoms with Gasteiger partial charge >= 0.3 is 0 Å². The molecular weight excluding hydrogens is 292 g/mol. The van der Waals surface area contributed by atoms with Gasteiger partial charge in [0.1, 0.15) is 0 Å². The quantitative estimate of drug-likeness (QED) is 0.778. The molecule has 2 heteroatoms. The summed E-state index contributed by atoms with van der Waals surface area (Å²) in [5, 5.41) is 0. The van der Waals surface area contributed by atoms with Crippen LogP contribution < -0.4 is 0 Å². The molecular formula is C22H26N2. The van der Waals surface area contributed by atoms with Crippen molar-refractivity contribution in [3.05, 3.63) is 85.0 Å². The second-order valence-corrected chi connectivity index (χ2v) is 7.43. The van der Waals surface area contributed by atoms with Crippen molar-refractivity contribution in [2.75, 3.05) is 6.54 Å². The Bertz CT molecular complexity index is 677. The topological polar surface area (TPSA) is 6.48 Å². The van der Waals surface area contributed by atoms with E-state index in [0.717, 1.165) is 36.8 Å². The molecule has 2 atom stereocenters. The number of hydrogen-bond donors (Lipinski definition) is 0. The molecule has 1 saturated carbocycles. The molecule has 1 aliphatic carbocycles. The molecule has 1 aromatic rings. The summed E-state index contributed by atoms with van der Waals surface area (Å²) in [6.07, 6.45) is 3.71. The molecule has 2 unspecified atom stereocenters. The summed E-state index contributed by atoms with van der Waals surface area (Å²) in [7, 11) is 0. The van der Waals surface area contributed by atoms with Crippen molar-refractivity contribution < 1.29 is 0 Å². The first-order valence-corrected chi connectivity index (χ1v) is 8.90. The maximum absolute atomic E-state index is 4.42. The molecule has 0 N–H and O–H groups in total. The molecule has 0 aromatic heterocycles. The van der Waals surface area contributed by atoms with Crippen LogP contribution >= 0.6 is 0 Å². The molecule has 1 aromatic carbocycles. The molecule has 0 amide bonds. The Labute approximate surface area is 145 Å². The first-order chi connectivity index (χ1) is 11.6. The van der Waals surface area contributed by atoms with Gasteiger partial charge in [0.15, 0.2) is 0 Å². The van der Waals surface area contributed by atoms with Crippen LogP contribution in [0.1, 0.15) is 24.8 Å². The fraction of sp³-hybridized carbons (Fsp3) is 0.364. The minimum Gasteiger partial charge on any atom is -0.348 e. The van der Waals surface area contributed by atoms with E-state index in [1.165, 1.54) is 29.8 Å². The number of benzene rings is 1. The Kier molecular flexibility index (Phi) is 3.64. The molecule has 0 radical (unpaired) electrons. The van der Waals surface area contributed by atoms with Crippen molar-refractivity contribution in [1.82, 2.24) is 9.80 Å². The fourth-order valence-corrected chi connectivity index (χ4v) is 4.05. The van der Waals surface area contributed by atoms with Crippen molar-refractivity contribution in [2.45, 2.75) is 25.8 Å². The number of nitrogens with zero attached hydrogens (tertiary/aromatic N) is 2. The smallest absolute Gasteiger partial charge is 0.0475 e. The fourth-order valence-electron chi connectivity index (χ4n) is 4.05. The zero-order valence-electron chi connectivity index (χ0n) is 14.4. The van der Waals surface area contributed by atoms with Crippen LogP contribution in [0.25, 0.3) is 0 Å². The van der Waals surface area contributed by atoms with Gasteiger partial charge in [0.25, 0.3) is 0 Å². The zero-order chi connectivity index (χ0) is 16.8. The predicted octanol–water partition coefficient (Wildman–Crippen LogP) is 4.91. The van der Waals surface area contributed by atoms with Crippen LogP contribution in [0, 0.1) is 17.8 Å². The zero-order valence-corrected chi connectivity index (χ0v) is 14.4. The monoisotopic (exact) mass is 318 g/mol. The molecule has 3 aliphatic rings. The van der Waals surface area contributed by atoms with E-state index in [-0.39, 0.29) is 0 Å². The standard InChI is InChI=1S/C22H26N2/c1-15-21-12-22(18(4)24(17(21)3)14-20-10-11-20)16(2)23(15)13-19-8-6-5-7-9-19/h5-9,20-22H,1-4,10-14H2. The van der Waals surface area contributed by atoms with E-state index in [4.69, 9.17) is 0 Å². The Morgan fingerprint density at radius 3 is 1.88 bits per heavy atom. The van der Waals surface area contributed by atoms with Crippen LogP contribution in [-0.4, -0.2) is 16.3 Å². The van der Waals surface area contributed by atoms with Crippen LogP contribution in [0.2, 0.25) is 0 Å². The van der Waals surface area contributed by atoms with Crippen molar-refractivity contribution in [2.24, 2.45) is 17.8 Å². The number of rotatable bonds is 4. The van der Waals surface area contributed by atoms with Gasteiger partial charge < -0.3 is 9.80 Å². The van der Waals surface area contributed by atoms with E-state index in [1.807, 2.05) is 0 Å². The third-order valence-electron chi connectivity index (χ3n) is 5.79. The van der Waals surface area contributed by atoms with E-state index in [1.54, 1.807) is 0 Å². The first-order valence-electron chi connectivity index (χ1n) is 8.90. The highest BCUT2D eigenvalue weighted by Crippen LogP contribution is 2.50. The molecule has 2 nitrogen and oxygen atoms in total. The molecule has 2 saturated heterocycles. The predicted molar refractivity (Wildman–Crippen MR) is 99.6 cm³/mol. The Morgan fingerprint density at radius 1 is 0.792 bits per heavy atom. The average molecular weight is 318 g/mol. The highest BCUT2D eigenvalue weighted by Gasteiger charge is 2.44.